The number of hydrogen-bond acceptors (Lipinski definition) is 3. The molecule has 0 radical (unpaired) electrons. The van der Waals surface area contributed by atoms with Crippen molar-refractivity contribution in [3.8, 4) is 0 Å². The second-order valence-electron chi connectivity index (χ2n) is 7.07. The summed E-state index contributed by atoms with van der Waals surface area (Å²) in [5, 5.41) is 1.59. The molecule has 2 aromatic carbocycles. The van der Waals surface area contributed by atoms with Crippen LogP contribution in [0.5, 0.6) is 0 Å². The molecule has 2 N–H and O–H groups in total. The summed E-state index contributed by atoms with van der Waals surface area (Å²) in [6.07, 6.45) is -7.92. The summed E-state index contributed by atoms with van der Waals surface area (Å²) >= 11 is 0. The van der Waals surface area contributed by atoms with Crippen LogP contribution in [0.1, 0.15) is 35.8 Å². The van der Waals surface area contributed by atoms with Gasteiger partial charge in [-0.3, -0.25) is 0 Å². The summed E-state index contributed by atoms with van der Waals surface area (Å²) in [6, 6.07) is 8.64. The fourth-order valence-electron chi connectivity index (χ4n) is 3.16. The summed E-state index contributed by atoms with van der Waals surface area (Å²) in [4.78, 5) is 0. The second kappa shape index (κ2) is 7.96. The molecular formula is C21H19F6NO2. The molecule has 1 aromatic heterocycles. The van der Waals surface area contributed by atoms with Crippen molar-refractivity contribution in [3.63, 3.8) is 0 Å². The summed E-state index contributed by atoms with van der Waals surface area (Å²) < 4.78 is 89.0. The van der Waals surface area contributed by atoms with Crippen molar-refractivity contribution in [1.82, 2.24) is 0 Å². The first kappa shape index (κ1) is 22.2. The first-order chi connectivity index (χ1) is 13.9. The van der Waals surface area contributed by atoms with Crippen LogP contribution in [-0.2, 0) is 29.2 Å². The van der Waals surface area contributed by atoms with Crippen molar-refractivity contribution < 1.29 is 35.5 Å². The molecule has 3 aromatic rings. The minimum absolute atomic E-state index is 0.0811. The lowest BCUT2D eigenvalue weighted by molar-refractivity contribution is -0.143. The largest absolute Gasteiger partial charge is 0.466 e. The van der Waals surface area contributed by atoms with E-state index in [1.54, 1.807) is 13.0 Å². The lowest BCUT2D eigenvalue weighted by atomic mass is 9.92. The van der Waals surface area contributed by atoms with E-state index in [1.165, 1.54) is 6.26 Å². The van der Waals surface area contributed by atoms with Gasteiger partial charge in [-0.05, 0) is 30.2 Å². The SMILES string of the molecule is CCC(N)(COCc1cc(C(F)(F)F)cc(C(F)(F)F)c1)c1occ2ccccc12. The number of alkyl halides is 6. The molecule has 9 heteroatoms. The number of benzene rings is 2. The van der Waals surface area contributed by atoms with Gasteiger partial charge in [-0.2, -0.15) is 26.3 Å². The fraction of sp³-hybridized carbons (Fsp3) is 0.333. The minimum Gasteiger partial charge on any atom is -0.466 e. The van der Waals surface area contributed by atoms with E-state index in [0.29, 0.717) is 24.3 Å². The van der Waals surface area contributed by atoms with Crippen LogP contribution in [-0.4, -0.2) is 6.61 Å². The number of furan rings is 1. The Balaban J connectivity index is 1.82. The van der Waals surface area contributed by atoms with Crippen molar-refractivity contribution in [1.29, 1.82) is 0 Å². The number of nitrogens with two attached hydrogens (primary N) is 1. The van der Waals surface area contributed by atoms with Gasteiger partial charge in [0, 0.05) is 10.8 Å². The Hall–Kier alpha value is -2.52. The summed E-state index contributed by atoms with van der Waals surface area (Å²) in [5.74, 6) is 0.445. The van der Waals surface area contributed by atoms with Crippen LogP contribution in [0.3, 0.4) is 0 Å². The van der Waals surface area contributed by atoms with Gasteiger partial charge in [0.25, 0.3) is 0 Å². The van der Waals surface area contributed by atoms with Crippen LogP contribution in [0.15, 0.2) is 53.1 Å². The van der Waals surface area contributed by atoms with Gasteiger partial charge in [0.2, 0.25) is 0 Å². The van der Waals surface area contributed by atoms with E-state index in [-0.39, 0.29) is 18.2 Å². The van der Waals surface area contributed by atoms with Crippen LogP contribution in [0.4, 0.5) is 26.3 Å². The molecule has 3 nitrogen and oxygen atoms in total. The predicted molar refractivity (Wildman–Crippen MR) is 98.5 cm³/mol. The molecule has 3 rings (SSSR count). The van der Waals surface area contributed by atoms with Crippen molar-refractivity contribution in [2.75, 3.05) is 6.61 Å². The number of ether oxygens (including phenoxy) is 1. The molecule has 0 saturated carbocycles. The Kier molecular flexibility index (Phi) is 5.88. The first-order valence-electron chi connectivity index (χ1n) is 9.06. The molecular weight excluding hydrogens is 412 g/mol. The number of hydrogen-bond donors (Lipinski definition) is 1. The molecule has 1 unspecified atom stereocenters. The Morgan fingerprint density at radius 1 is 0.933 bits per heavy atom. The molecule has 1 heterocycles. The molecule has 1 atom stereocenters. The highest BCUT2D eigenvalue weighted by atomic mass is 19.4. The lowest BCUT2D eigenvalue weighted by Gasteiger charge is -2.26. The van der Waals surface area contributed by atoms with E-state index in [0.717, 1.165) is 10.8 Å². The highest BCUT2D eigenvalue weighted by Crippen LogP contribution is 2.37. The molecule has 0 spiro atoms. The standard InChI is InChI=1S/C21H19F6NO2/c1-2-19(28,18-17-6-4-3-5-14(17)11-30-18)12-29-10-13-7-15(20(22,23)24)9-16(8-13)21(25,26)27/h3-9,11H,2,10,12,28H2,1H3. The molecule has 0 aliphatic heterocycles. The maximum Gasteiger partial charge on any atom is 0.416 e. The van der Waals surface area contributed by atoms with E-state index in [4.69, 9.17) is 14.9 Å². The van der Waals surface area contributed by atoms with E-state index in [2.05, 4.69) is 0 Å². The Labute approximate surface area is 168 Å². The Morgan fingerprint density at radius 2 is 1.53 bits per heavy atom. The maximum absolute atomic E-state index is 13.0. The normalized spacial score (nSPS) is 14.8. The van der Waals surface area contributed by atoms with Gasteiger partial charge >= 0.3 is 12.4 Å². The summed E-state index contributed by atoms with van der Waals surface area (Å²) in [5.41, 5.74) is 2.29. The van der Waals surface area contributed by atoms with Gasteiger partial charge < -0.3 is 14.9 Å². The smallest absolute Gasteiger partial charge is 0.416 e. The Bertz CT molecular complexity index is 992. The fourth-order valence-corrected chi connectivity index (χ4v) is 3.16. The maximum atomic E-state index is 13.0. The van der Waals surface area contributed by atoms with Gasteiger partial charge in [0.05, 0.1) is 36.1 Å². The number of rotatable bonds is 6. The molecule has 162 valence electrons. The number of halogens is 6. The summed E-state index contributed by atoms with van der Waals surface area (Å²) in [7, 11) is 0. The van der Waals surface area contributed by atoms with E-state index in [9.17, 15) is 26.3 Å². The molecule has 0 bridgehead atoms. The monoisotopic (exact) mass is 431 g/mol. The van der Waals surface area contributed by atoms with E-state index < -0.39 is 35.6 Å². The van der Waals surface area contributed by atoms with E-state index in [1.807, 2.05) is 18.2 Å². The van der Waals surface area contributed by atoms with Crippen molar-refractivity contribution in [2.45, 2.75) is 37.8 Å². The molecule has 0 fully saturated rings. The minimum atomic E-state index is -4.91. The van der Waals surface area contributed by atoms with Crippen LogP contribution >= 0.6 is 0 Å². The summed E-state index contributed by atoms with van der Waals surface area (Å²) in [6.45, 7) is 1.16. The highest BCUT2D eigenvalue weighted by Gasteiger charge is 2.37. The first-order valence-corrected chi connectivity index (χ1v) is 9.06. The number of fused-ring (bicyclic) bond motifs is 1. The zero-order valence-electron chi connectivity index (χ0n) is 15.9. The third-order valence-electron chi connectivity index (χ3n) is 4.87. The van der Waals surface area contributed by atoms with E-state index >= 15 is 0 Å². The van der Waals surface area contributed by atoms with Crippen molar-refractivity contribution in [3.05, 3.63) is 71.2 Å². The average molecular weight is 431 g/mol. The Morgan fingerprint density at radius 3 is 2.10 bits per heavy atom. The third-order valence-corrected chi connectivity index (χ3v) is 4.87. The van der Waals surface area contributed by atoms with Crippen LogP contribution in [0.2, 0.25) is 0 Å². The topological polar surface area (TPSA) is 48.4 Å². The van der Waals surface area contributed by atoms with Gasteiger partial charge in [0.15, 0.2) is 0 Å². The third kappa shape index (κ3) is 4.62. The molecule has 30 heavy (non-hydrogen) atoms. The quantitative estimate of drug-likeness (QED) is 0.469. The second-order valence-corrected chi connectivity index (χ2v) is 7.07. The molecule has 0 amide bonds. The van der Waals surface area contributed by atoms with Gasteiger partial charge in [0.1, 0.15) is 5.76 Å². The zero-order valence-corrected chi connectivity index (χ0v) is 15.9. The molecule has 0 aliphatic rings. The van der Waals surface area contributed by atoms with Gasteiger partial charge in [-0.25, -0.2) is 0 Å². The van der Waals surface area contributed by atoms with Crippen LogP contribution in [0, 0.1) is 0 Å². The van der Waals surface area contributed by atoms with Gasteiger partial charge in [-0.1, -0.05) is 31.2 Å². The van der Waals surface area contributed by atoms with Crippen LogP contribution < -0.4 is 5.73 Å². The molecule has 0 aliphatic carbocycles. The van der Waals surface area contributed by atoms with Gasteiger partial charge in [-0.15, -0.1) is 0 Å². The van der Waals surface area contributed by atoms with Crippen molar-refractivity contribution >= 4 is 10.8 Å². The van der Waals surface area contributed by atoms with Crippen LogP contribution in [0.25, 0.3) is 10.8 Å². The average Bonchev–Trinajstić information content (AvgIpc) is 3.11. The zero-order chi connectivity index (χ0) is 22.2. The predicted octanol–water partition coefficient (Wildman–Crippen LogP) is 6.25. The lowest BCUT2D eigenvalue weighted by Crippen LogP contribution is -2.40. The highest BCUT2D eigenvalue weighted by molar-refractivity contribution is 5.84. The van der Waals surface area contributed by atoms with Crippen molar-refractivity contribution in [2.24, 2.45) is 5.73 Å². The molecule has 0 saturated heterocycles.